The maximum absolute atomic E-state index is 12.8. The Morgan fingerprint density at radius 3 is 1.61 bits per heavy atom. The number of hydrogen-bond acceptors (Lipinski definition) is 12. The number of nitrogens with zero attached hydrogens (tertiary/aromatic N) is 6. The number of aromatic nitrogens is 6. The molecule has 0 aliphatic carbocycles. The number of benzene rings is 3. The third kappa shape index (κ3) is 10.3. The Bertz CT molecular complexity index is 2710. The van der Waals surface area contributed by atoms with Crippen molar-refractivity contribution < 1.29 is 45.9 Å². The number of pyridine rings is 2. The molecule has 0 aliphatic heterocycles. The average Bonchev–Trinajstić information content (AvgIpc) is 3.18. The van der Waals surface area contributed by atoms with Gasteiger partial charge in [-0.25, -0.2) is 19.9 Å². The number of para-hydroxylation sites is 2. The van der Waals surface area contributed by atoms with E-state index < -0.39 is 23.8 Å². The molecule has 4 aromatic heterocycles. The van der Waals surface area contributed by atoms with E-state index in [0.29, 0.717) is 32.6 Å². The van der Waals surface area contributed by atoms with Gasteiger partial charge in [0, 0.05) is 36.3 Å². The third-order valence-electron chi connectivity index (χ3n) is 8.45. The van der Waals surface area contributed by atoms with E-state index in [1.807, 2.05) is 30.3 Å². The molecule has 0 radical (unpaired) electrons. The Hall–Kier alpha value is -7.38. The molecule has 4 heterocycles. The molecular weight excluding hydrogens is 790 g/mol. The lowest BCUT2D eigenvalue weighted by Crippen LogP contribution is -2.28. The molecule has 3 N–H and O–H groups in total. The smallest absolute Gasteiger partial charge is 0.423 e. The lowest BCUT2D eigenvalue weighted by Gasteiger charge is -2.17. The van der Waals surface area contributed by atoms with E-state index in [-0.39, 0.29) is 59.3 Å². The first-order valence-electron chi connectivity index (χ1n) is 17.3. The number of halogens is 6. The Labute approximate surface area is 329 Å². The van der Waals surface area contributed by atoms with Crippen molar-refractivity contribution in [2.45, 2.75) is 46.3 Å². The van der Waals surface area contributed by atoms with Crippen molar-refractivity contribution in [2.75, 3.05) is 10.6 Å². The van der Waals surface area contributed by atoms with Crippen LogP contribution >= 0.6 is 0 Å². The number of ether oxygens (including phenoxy) is 2. The van der Waals surface area contributed by atoms with Crippen LogP contribution in [0.15, 0.2) is 113 Å². The van der Waals surface area contributed by atoms with Crippen LogP contribution in [0, 0.1) is 13.8 Å². The predicted octanol–water partition coefficient (Wildman–Crippen LogP) is 7.09. The molecule has 0 atom stereocenters. The molecule has 0 amide bonds. The second-order valence-corrected chi connectivity index (χ2v) is 12.5. The number of anilines is 2. The van der Waals surface area contributed by atoms with Gasteiger partial charge in [-0.15, -0.1) is 35.8 Å². The number of nitrogens with one attached hydrogen (secondary N) is 2. The van der Waals surface area contributed by atoms with Crippen LogP contribution in [-0.4, -0.2) is 47.3 Å². The monoisotopic (exact) mass is 822 g/mol. The van der Waals surface area contributed by atoms with Crippen molar-refractivity contribution in [2.24, 2.45) is 0 Å². The zero-order chi connectivity index (χ0) is 42.3. The molecule has 59 heavy (non-hydrogen) atoms. The van der Waals surface area contributed by atoms with E-state index in [2.05, 4.69) is 40.0 Å². The van der Waals surface area contributed by atoms with Crippen LogP contribution in [0.5, 0.6) is 11.5 Å². The van der Waals surface area contributed by atoms with Crippen LogP contribution in [0.4, 0.5) is 37.7 Å². The van der Waals surface area contributed by atoms with Gasteiger partial charge in [0.25, 0.3) is 11.1 Å². The Kier molecular flexibility index (Phi) is 12.2. The van der Waals surface area contributed by atoms with E-state index in [4.69, 9.17) is 4.84 Å². The summed E-state index contributed by atoms with van der Waals surface area (Å²) in [6.07, 6.45) is -7.12. The van der Waals surface area contributed by atoms with Crippen LogP contribution in [0.3, 0.4) is 0 Å². The van der Waals surface area contributed by atoms with Crippen molar-refractivity contribution in [3.8, 4) is 11.5 Å². The molecule has 0 saturated carbocycles. The van der Waals surface area contributed by atoms with E-state index >= 15 is 0 Å². The first-order chi connectivity index (χ1) is 28.1. The van der Waals surface area contributed by atoms with Gasteiger partial charge < -0.3 is 30.2 Å². The van der Waals surface area contributed by atoms with E-state index in [9.17, 15) is 41.1 Å². The van der Waals surface area contributed by atoms with E-state index in [1.165, 1.54) is 55.1 Å². The first-order valence-corrected chi connectivity index (χ1v) is 17.3. The zero-order valence-electron chi connectivity index (χ0n) is 30.9. The van der Waals surface area contributed by atoms with Crippen LogP contribution in [0.2, 0.25) is 0 Å². The Morgan fingerprint density at radius 1 is 0.627 bits per heavy atom. The van der Waals surface area contributed by atoms with Crippen molar-refractivity contribution >= 4 is 33.4 Å². The van der Waals surface area contributed by atoms with Gasteiger partial charge in [-0.2, -0.15) is 0 Å². The van der Waals surface area contributed by atoms with Gasteiger partial charge in [0.05, 0.1) is 33.5 Å². The lowest BCUT2D eigenvalue weighted by molar-refractivity contribution is -0.275. The van der Waals surface area contributed by atoms with Gasteiger partial charge in [-0.1, -0.05) is 66.7 Å². The highest BCUT2D eigenvalue weighted by atomic mass is 19.4. The Balaban J connectivity index is 0.000000204. The summed E-state index contributed by atoms with van der Waals surface area (Å²) in [5.74, 6) is -0.672. The zero-order valence-corrected chi connectivity index (χ0v) is 30.9. The van der Waals surface area contributed by atoms with Gasteiger partial charge in [-0.3, -0.25) is 9.59 Å². The normalized spacial score (nSPS) is 11.5. The molecule has 7 rings (SSSR count). The number of hydrogen-bond donors (Lipinski definition) is 3. The Morgan fingerprint density at radius 2 is 1.08 bits per heavy atom. The second-order valence-electron chi connectivity index (χ2n) is 12.5. The maximum Gasteiger partial charge on any atom is 0.573 e. The summed E-state index contributed by atoms with van der Waals surface area (Å²) in [6, 6.07) is 23.2. The standard InChI is InChI=1S/C23H19F3N4O3.C16H13F3N4O3/c1-15-21-18(27-12-17-9-5-6-10-19(17)33-23(24,25)26)11-20(31)30(22(21)29-14-28-15)32-13-16-7-3-2-4-8-16;1-9-14-11(6-13(24)23(25)15(14)22-8-21-9)20-7-10-4-2-3-5-12(10)26-16(17,18)19/h2-11,14,27H,12-13H2,1H3;2-6,8,20,25H,7H2,1H3. The van der Waals surface area contributed by atoms with Crippen LogP contribution in [0.1, 0.15) is 28.1 Å². The van der Waals surface area contributed by atoms with Crippen molar-refractivity contribution in [1.82, 2.24) is 29.4 Å². The molecule has 0 unspecified atom stereocenters. The van der Waals surface area contributed by atoms with Gasteiger partial charge in [0.2, 0.25) is 0 Å². The molecule has 3 aromatic carbocycles. The van der Waals surface area contributed by atoms with Crippen LogP contribution in [-0.2, 0) is 19.7 Å². The molecule has 20 heteroatoms. The number of aryl methyl sites for hydroxylation is 2. The van der Waals surface area contributed by atoms with Gasteiger partial charge >= 0.3 is 12.7 Å². The fourth-order valence-electron chi connectivity index (χ4n) is 5.83. The number of alkyl halides is 6. The van der Waals surface area contributed by atoms with Gasteiger partial charge in [-0.05, 0) is 31.5 Å². The average molecular weight is 823 g/mol. The molecule has 7 aromatic rings. The van der Waals surface area contributed by atoms with E-state index in [1.54, 1.807) is 26.0 Å². The second kappa shape index (κ2) is 17.4. The van der Waals surface area contributed by atoms with Crippen molar-refractivity contribution in [3.05, 3.63) is 152 Å². The summed E-state index contributed by atoms with van der Waals surface area (Å²) < 4.78 is 85.3. The van der Waals surface area contributed by atoms with Gasteiger partial charge in [0.1, 0.15) is 30.8 Å². The largest absolute Gasteiger partial charge is 0.573 e. The lowest BCUT2D eigenvalue weighted by atomic mass is 10.1. The fourth-order valence-corrected chi connectivity index (χ4v) is 5.83. The first kappa shape index (κ1) is 41.3. The van der Waals surface area contributed by atoms with Crippen molar-refractivity contribution in [3.63, 3.8) is 0 Å². The molecular formula is C39H32F6N8O6. The summed E-state index contributed by atoms with van der Waals surface area (Å²) >= 11 is 0. The minimum absolute atomic E-state index is 0.00710. The predicted molar refractivity (Wildman–Crippen MR) is 202 cm³/mol. The summed E-state index contributed by atoms with van der Waals surface area (Å²) in [5, 5.41) is 16.6. The topological polar surface area (TPSA) is 168 Å². The minimum Gasteiger partial charge on any atom is -0.423 e. The number of rotatable bonds is 11. The molecule has 0 spiro atoms. The summed E-state index contributed by atoms with van der Waals surface area (Å²) in [4.78, 5) is 46.7. The minimum atomic E-state index is -4.82. The molecule has 14 nitrogen and oxygen atoms in total. The molecule has 0 bridgehead atoms. The SMILES string of the molecule is Cc1ncnc2c1c(NCc1ccccc1OC(F)(F)F)cc(=O)n2O.Cc1ncnc2c1c(NCc1ccccc1OC(F)(F)F)cc(=O)n2OCc1ccccc1. The quantitative estimate of drug-likeness (QED) is 0.0897. The molecule has 0 fully saturated rings. The highest BCUT2D eigenvalue weighted by Crippen LogP contribution is 2.30. The van der Waals surface area contributed by atoms with Crippen LogP contribution in [0.25, 0.3) is 22.1 Å². The highest BCUT2D eigenvalue weighted by Gasteiger charge is 2.33. The maximum atomic E-state index is 12.8. The van der Waals surface area contributed by atoms with Gasteiger partial charge in [0.15, 0.2) is 11.3 Å². The fraction of sp³-hybridized carbons (Fsp3) is 0.179. The summed E-state index contributed by atoms with van der Waals surface area (Å²) in [6.45, 7) is 3.46. The summed E-state index contributed by atoms with van der Waals surface area (Å²) in [5.41, 5.74) is 2.09. The molecule has 0 aliphatic rings. The summed E-state index contributed by atoms with van der Waals surface area (Å²) in [7, 11) is 0. The number of fused-ring (bicyclic) bond motifs is 2. The van der Waals surface area contributed by atoms with Crippen molar-refractivity contribution in [1.29, 1.82) is 0 Å². The molecule has 306 valence electrons. The van der Waals surface area contributed by atoms with E-state index in [0.717, 1.165) is 16.4 Å². The third-order valence-corrected chi connectivity index (χ3v) is 8.45. The molecule has 0 saturated heterocycles. The van der Waals surface area contributed by atoms with Crippen LogP contribution < -0.4 is 36.1 Å². The highest BCUT2D eigenvalue weighted by molar-refractivity contribution is 5.91.